The van der Waals surface area contributed by atoms with E-state index < -0.39 is 5.97 Å². The van der Waals surface area contributed by atoms with Crippen molar-refractivity contribution in [3.05, 3.63) is 29.5 Å². The third kappa shape index (κ3) is 2.50. The summed E-state index contributed by atoms with van der Waals surface area (Å²) in [7, 11) is 1.80. The van der Waals surface area contributed by atoms with E-state index in [1.54, 1.807) is 17.7 Å². The molecule has 4 heteroatoms. The second kappa shape index (κ2) is 5.57. The van der Waals surface area contributed by atoms with Crippen LogP contribution in [0.25, 0.3) is 10.9 Å². The Morgan fingerprint density at radius 1 is 1.35 bits per heavy atom. The van der Waals surface area contributed by atoms with Gasteiger partial charge in [0.2, 0.25) is 0 Å². The fraction of sp³-hybridized carbons (Fsp3) is 0.438. The summed E-state index contributed by atoms with van der Waals surface area (Å²) < 4.78 is 7.45. The highest BCUT2D eigenvalue weighted by Crippen LogP contribution is 2.32. The van der Waals surface area contributed by atoms with Gasteiger partial charge in [-0.2, -0.15) is 0 Å². The molecule has 1 aromatic carbocycles. The maximum Gasteiger partial charge on any atom is 0.352 e. The number of aromatic nitrogens is 1. The molecule has 1 heterocycles. The van der Waals surface area contributed by atoms with Crippen LogP contribution in [-0.2, 0) is 7.05 Å². The second-order valence-corrected chi connectivity index (χ2v) is 5.35. The first-order valence-electron chi connectivity index (χ1n) is 6.95. The highest BCUT2D eigenvalue weighted by molar-refractivity contribution is 5.96. The fourth-order valence-electron chi connectivity index (χ4n) is 2.46. The number of carbonyl (C=O) groups is 1. The summed E-state index contributed by atoms with van der Waals surface area (Å²) in [5.74, 6) is 0.206. The predicted molar refractivity (Wildman–Crippen MR) is 79.8 cm³/mol. The van der Waals surface area contributed by atoms with E-state index in [1.165, 1.54) is 0 Å². The lowest BCUT2D eigenvalue weighted by Gasteiger charge is -2.13. The molecule has 0 saturated heterocycles. The van der Waals surface area contributed by atoms with Crippen molar-refractivity contribution in [3.63, 3.8) is 0 Å². The van der Waals surface area contributed by atoms with E-state index in [9.17, 15) is 9.90 Å². The summed E-state index contributed by atoms with van der Waals surface area (Å²) in [6, 6.07) is 5.65. The molecule has 108 valence electrons. The molecule has 0 aliphatic rings. The standard InChI is InChI=1S/C16H21NO3/c1-5-6-20-12-7-11-8-14(16(18)19)17(4)15(11)13(9-12)10(2)3/h7-10H,5-6H2,1-4H3,(H,18,19). The maximum absolute atomic E-state index is 11.3. The highest BCUT2D eigenvalue weighted by Gasteiger charge is 2.17. The molecule has 0 aliphatic heterocycles. The lowest BCUT2D eigenvalue weighted by atomic mass is 10.00. The summed E-state index contributed by atoms with van der Waals surface area (Å²) in [5.41, 5.74) is 2.39. The number of ether oxygens (including phenoxy) is 1. The molecular formula is C16H21NO3. The summed E-state index contributed by atoms with van der Waals surface area (Å²) >= 11 is 0. The van der Waals surface area contributed by atoms with Crippen LogP contribution in [0.5, 0.6) is 5.75 Å². The molecule has 1 aromatic heterocycles. The minimum absolute atomic E-state index is 0.301. The van der Waals surface area contributed by atoms with E-state index in [2.05, 4.69) is 20.8 Å². The van der Waals surface area contributed by atoms with Crippen LogP contribution in [0.1, 0.15) is 49.2 Å². The number of carboxylic acid groups (broad SMARTS) is 1. The van der Waals surface area contributed by atoms with Crippen molar-refractivity contribution >= 4 is 16.9 Å². The monoisotopic (exact) mass is 275 g/mol. The number of benzene rings is 1. The third-order valence-corrected chi connectivity index (χ3v) is 3.45. The van der Waals surface area contributed by atoms with E-state index in [-0.39, 0.29) is 0 Å². The Morgan fingerprint density at radius 2 is 2.05 bits per heavy atom. The first-order chi connectivity index (χ1) is 9.45. The van der Waals surface area contributed by atoms with Crippen molar-refractivity contribution in [3.8, 4) is 5.75 Å². The largest absolute Gasteiger partial charge is 0.494 e. The molecule has 0 spiro atoms. The Kier molecular flexibility index (Phi) is 4.02. The molecule has 0 amide bonds. The molecule has 4 nitrogen and oxygen atoms in total. The van der Waals surface area contributed by atoms with Gasteiger partial charge in [-0.15, -0.1) is 0 Å². The average molecular weight is 275 g/mol. The Labute approximate surface area is 119 Å². The zero-order valence-corrected chi connectivity index (χ0v) is 12.4. The van der Waals surface area contributed by atoms with E-state index in [0.29, 0.717) is 18.2 Å². The van der Waals surface area contributed by atoms with Gasteiger partial charge in [-0.05, 0) is 36.1 Å². The van der Waals surface area contributed by atoms with Crippen LogP contribution in [0.4, 0.5) is 0 Å². The SMILES string of the molecule is CCCOc1cc(C(C)C)c2c(c1)cc(C(=O)O)n2C. The first-order valence-corrected chi connectivity index (χ1v) is 6.95. The molecule has 2 rings (SSSR count). The van der Waals surface area contributed by atoms with Gasteiger partial charge in [0.15, 0.2) is 0 Å². The minimum atomic E-state index is -0.908. The number of aromatic carboxylic acids is 1. The molecule has 0 radical (unpaired) electrons. The molecule has 0 fully saturated rings. The lowest BCUT2D eigenvalue weighted by Crippen LogP contribution is -2.05. The molecule has 0 unspecified atom stereocenters. The van der Waals surface area contributed by atoms with Crippen LogP contribution in [-0.4, -0.2) is 22.2 Å². The van der Waals surface area contributed by atoms with Gasteiger partial charge in [0.05, 0.1) is 12.1 Å². The molecule has 0 atom stereocenters. The van der Waals surface area contributed by atoms with Gasteiger partial charge >= 0.3 is 5.97 Å². The minimum Gasteiger partial charge on any atom is -0.494 e. The summed E-state index contributed by atoms with van der Waals surface area (Å²) in [4.78, 5) is 11.3. The molecular weight excluding hydrogens is 254 g/mol. The Morgan fingerprint density at radius 3 is 2.60 bits per heavy atom. The smallest absolute Gasteiger partial charge is 0.352 e. The molecule has 20 heavy (non-hydrogen) atoms. The van der Waals surface area contributed by atoms with Crippen molar-refractivity contribution < 1.29 is 14.6 Å². The van der Waals surface area contributed by atoms with Gasteiger partial charge in [-0.25, -0.2) is 4.79 Å². The molecule has 0 saturated carbocycles. The zero-order chi connectivity index (χ0) is 14.9. The second-order valence-electron chi connectivity index (χ2n) is 5.35. The topological polar surface area (TPSA) is 51.5 Å². The van der Waals surface area contributed by atoms with E-state index >= 15 is 0 Å². The van der Waals surface area contributed by atoms with Crippen LogP contribution >= 0.6 is 0 Å². The molecule has 0 aliphatic carbocycles. The number of hydrogen-bond donors (Lipinski definition) is 1. The molecule has 2 aromatic rings. The van der Waals surface area contributed by atoms with Gasteiger partial charge in [0.25, 0.3) is 0 Å². The van der Waals surface area contributed by atoms with Gasteiger partial charge in [0.1, 0.15) is 11.4 Å². The van der Waals surface area contributed by atoms with Crippen LogP contribution in [0.3, 0.4) is 0 Å². The van der Waals surface area contributed by atoms with E-state index in [1.807, 2.05) is 12.1 Å². The fourth-order valence-corrected chi connectivity index (χ4v) is 2.46. The Bertz CT molecular complexity index is 641. The Balaban J connectivity index is 2.66. The summed E-state index contributed by atoms with van der Waals surface area (Å²) in [6.07, 6.45) is 0.949. The number of aryl methyl sites for hydroxylation is 1. The van der Waals surface area contributed by atoms with Crippen molar-refractivity contribution in [1.82, 2.24) is 4.57 Å². The summed E-state index contributed by atoms with van der Waals surface area (Å²) in [5, 5.41) is 10.2. The molecule has 0 bridgehead atoms. The number of nitrogens with zero attached hydrogens (tertiary/aromatic N) is 1. The highest BCUT2D eigenvalue weighted by atomic mass is 16.5. The van der Waals surface area contributed by atoms with Gasteiger partial charge in [-0.1, -0.05) is 20.8 Å². The van der Waals surface area contributed by atoms with E-state index in [0.717, 1.165) is 28.6 Å². The normalized spacial score (nSPS) is 11.2. The van der Waals surface area contributed by atoms with Gasteiger partial charge in [0, 0.05) is 12.4 Å². The molecule has 1 N–H and O–H groups in total. The zero-order valence-electron chi connectivity index (χ0n) is 12.4. The maximum atomic E-state index is 11.3. The quantitative estimate of drug-likeness (QED) is 0.903. The predicted octanol–water partition coefficient (Wildman–Crippen LogP) is 3.79. The van der Waals surface area contributed by atoms with Gasteiger partial charge in [-0.3, -0.25) is 0 Å². The summed E-state index contributed by atoms with van der Waals surface area (Å²) in [6.45, 7) is 6.94. The third-order valence-electron chi connectivity index (χ3n) is 3.45. The number of rotatable bonds is 5. The van der Waals surface area contributed by atoms with Crippen molar-refractivity contribution in [2.45, 2.75) is 33.1 Å². The van der Waals surface area contributed by atoms with Crippen molar-refractivity contribution in [1.29, 1.82) is 0 Å². The van der Waals surface area contributed by atoms with Gasteiger partial charge < -0.3 is 14.4 Å². The number of hydrogen-bond acceptors (Lipinski definition) is 2. The van der Waals surface area contributed by atoms with Crippen LogP contribution in [0.15, 0.2) is 18.2 Å². The van der Waals surface area contributed by atoms with Crippen molar-refractivity contribution in [2.75, 3.05) is 6.61 Å². The Hall–Kier alpha value is -1.97. The lowest BCUT2D eigenvalue weighted by molar-refractivity contribution is 0.0687. The average Bonchev–Trinajstić information content (AvgIpc) is 2.73. The number of fused-ring (bicyclic) bond motifs is 1. The number of carboxylic acids is 1. The van der Waals surface area contributed by atoms with E-state index in [4.69, 9.17) is 4.74 Å². The van der Waals surface area contributed by atoms with Crippen LogP contribution in [0.2, 0.25) is 0 Å². The first kappa shape index (κ1) is 14.4. The van der Waals surface area contributed by atoms with Crippen LogP contribution in [0, 0.1) is 0 Å². The van der Waals surface area contributed by atoms with Crippen molar-refractivity contribution in [2.24, 2.45) is 7.05 Å². The van der Waals surface area contributed by atoms with Crippen LogP contribution < -0.4 is 4.74 Å².